The molecule has 174 valence electrons. The van der Waals surface area contributed by atoms with Crippen LogP contribution < -0.4 is 15.4 Å². The molecule has 0 aliphatic heterocycles. The summed E-state index contributed by atoms with van der Waals surface area (Å²) >= 11 is 0. The number of halogens is 2. The fourth-order valence-corrected chi connectivity index (χ4v) is 4.00. The van der Waals surface area contributed by atoms with E-state index in [9.17, 15) is 18.4 Å². The van der Waals surface area contributed by atoms with Gasteiger partial charge in [-0.2, -0.15) is 8.78 Å². The number of nitrogens with one attached hydrogen (secondary N) is 2. The predicted octanol–water partition coefficient (Wildman–Crippen LogP) is 4.93. The predicted molar refractivity (Wildman–Crippen MR) is 120 cm³/mol. The zero-order chi connectivity index (χ0) is 23.9. The van der Waals surface area contributed by atoms with Crippen molar-refractivity contribution in [1.29, 1.82) is 0 Å². The van der Waals surface area contributed by atoms with E-state index in [0.29, 0.717) is 24.9 Å². The molecule has 0 saturated heterocycles. The van der Waals surface area contributed by atoms with Crippen LogP contribution in [0.3, 0.4) is 0 Å². The van der Waals surface area contributed by atoms with E-state index in [4.69, 9.17) is 0 Å². The Morgan fingerprint density at radius 1 is 1.19 bits per heavy atom. The summed E-state index contributed by atoms with van der Waals surface area (Å²) in [5.74, 6) is -0.487. The fourth-order valence-electron chi connectivity index (χ4n) is 4.00. The molecule has 0 radical (unpaired) electrons. The van der Waals surface area contributed by atoms with E-state index in [1.54, 1.807) is 13.0 Å². The number of amides is 2. The molecule has 1 fully saturated rings. The number of carbonyl (C=O) groups is 2. The van der Waals surface area contributed by atoms with Gasteiger partial charge in [0.15, 0.2) is 0 Å². The SMILES string of the molecule is CC.Cc1ccc(NC(=O)C2(c3ccccc3C(C)C)CC(NC=O)C2)c(OC(F)F)n1. The highest BCUT2D eigenvalue weighted by molar-refractivity contribution is 6.01. The smallest absolute Gasteiger partial charge is 0.388 e. The zero-order valence-corrected chi connectivity index (χ0v) is 19.1. The molecular weight excluding hydrogens is 416 g/mol. The van der Waals surface area contributed by atoms with E-state index >= 15 is 0 Å². The number of rotatable bonds is 8. The molecule has 0 bridgehead atoms. The molecule has 1 aromatic heterocycles. The van der Waals surface area contributed by atoms with Crippen molar-refractivity contribution in [2.24, 2.45) is 0 Å². The van der Waals surface area contributed by atoms with Crippen LogP contribution >= 0.6 is 0 Å². The average molecular weight is 448 g/mol. The number of anilines is 1. The molecule has 1 saturated carbocycles. The molecule has 2 N–H and O–H groups in total. The van der Waals surface area contributed by atoms with Gasteiger partial charge in [0.05, 0.1) is 5.41 Å². The number of pyridine rings is 1. The van der Waals surface area contributed by atoms with Gasteiger partial charge in [0.2, 0.25) is 18.2 Å². The lowest BCUT2D eigenvalue weighted by molar-refractivity contribution is -0.126. The molecular formula is C24H31F2N3O3. The van der Waals surface area contributed by atoms with Crippen LogP contribution in [0, 0.1) is 6.92 Å². The van der Waals surface area contributed by atoms with Crippen LogP contribution in [-0.2, 0) is 15.0 Å². The van der Waals surface area contributed by atoms with Crippen molar-refractivity contribution in [3.63, 3.8) is 0 Å². The molecule has 6 nitrogen and oxygen atoms in total. The lowest BCUT2D eigenvalue weighted by Gasteiger charge is -2.47. The molecule has 0 unspecified atom stereocenters. The van der Waals surface area contributed by atoms with Crippen LogP contribution in [0.4, 0.5) is 14.5 Å². The monoisotopic (exact) mass is 447 g/mol. The van der Waals surface area contributed by atoms with Crippen LogP contribution in [0.15, 0.2) is 36.4 Å². The van der Waals surface area contributed by atoms with E-state index in [1.165, 1.54) is 6.07 Å². The van der Waals surface area contributed by atoms with Gasteiger partial charge in [0.25, 0.3) is 0 Å². The average Bonchev–Trinajstić information content (AvgIpc) is 2.73. The van der Waals surface area contributed by atoms with Crippen LogP contribution in [0.2, 0.25) is 0 Å². The van der Waals surface area contributed by atoms with E-state index in [-0.39, 0.29) is 29.4 Å². The maximum absolute atomic E-state index is 13.5. The number of alkyl halides is 2. The van der Waals surface area contributed by atoms with Crippen molar-refractivity contribution < 1.29 is 23.1 Å². The molecule has 1 aliphatic rings. The van der Waals surface area contributed by atoms with Gasteiger partial charge in [0, 0.05) is 11.7 Å². The fraction of sp³-hybridized carbons (Fsp3) is 0.458. The third-order valence-corrected chi connectivity index (χ3v) is 5.47. The highest BCUT2D eigenvalue weighted by Gasteiger charge is 2.52. The minimum atomic E-state index is -3.06. The highest BCUT2D eigenvalue weighted by Crippen LogP contribution is 2.47. The van der Waals surface area contributed by atoms with Crippen molar-refractivity contribution in [1.82, 2.24) is 10.3 Å². The molecule has 8 heteroatoms. The van der Waals surface area contributed by atoms with Crippen LogP contribution in [0.1, 0.15) is 63.3 Å². The number of nitrogens with zero attached hydrogens (tertiary/aromatic N) is 1. The molecule has 3 rings (SSSR count). The van der Waals surface area contributed by atoms with E-state index in [0.717, 1.165) is 11.1 Å². The number of hydrogen-bond donors (Lipinski definition) is 2. The standard InChI is InChI=1S/C22H25F2N3O3.C2H6/c1-13(2)16-6-4-5-7-17(16)22(10-15(11-22)25-12-28)20(29)27-18-9-8-14(3)26-19(18)30-21(23)24;1-2/h4-9,12-13,15,21H,10-11H2,1-3H3,(H,25,28)(H,27,29);1-2H3. The van der Waals surface area contributed by atoms with Crippen LogP contribution in [-0.4, -0.2) is 30.0 Å². The second kappa shape index (κ2) is 11.0. The first kappa shape index (κ1) is 25.2. The van der Waals surface area contributed by atoms with Gasteiger partial charge in [-0.1, -0.05) is 52.0 Å². The largest absolute Gasteiger partial charge is 0.415 e. The first-order valence-corrected chi connectivity index (χ1v) is 10.8. The molecule has 1 aliphatic carbocycles. The second-order valence-corrected chi connectivity index (χ2v) is 7.85. The number of carbonyl (C=O) groups excluding carboxylic acids is 2. The van der Waals surface area contributed by atoms with Gasteiger partial charge in [0.1, 0.15) is 5.69 Å². The van der Waals surface area contributed by atoms with Gasteiger partial charge in [-0.15, -0.1) is 0 Å². The molecule has 1 aromatic carbocycles. The Morgan fingerprint density at radius 2 is 1.84 bits per heavy atom. The van der Waals surface area contributed by atoms with Gasteiger partial charge < -0.3 is 15.4 Å². The lowest BCUT2D eigenvalue weighted by atomic mass is 9.59. The summed E-state index contributed by atoms with van der Waals surface area (Å²) in [6.45, 7) is 6.67. The normalized spacial score (nSPS) is 19.5. The number of benzene rings is 1. The van der Waals surface area contributed by atoms with Gasteiger partial charge in [-0.3, -0.25) is 9.59 Å². The van der Waals surface area contributed by atoms with Crippen molar-refractivity contribution in [2.45, 2.75) is 71.4 Å². The quantitative estimate of drug-likeness (QED) is 0.563. The van der Waals surface area contributed by atoms with Crippen LogP contribution in [0.5, 0.6) is 5.88 Å². The third kappa shape index (κ3) is 5.41. The van der Waals surface area contributed by atoms with Crippen molar-refractivity contribution >= 4 is 18.0 Å². The van der Waals surface area contributed by atoms with E-state index < -0.39 is 12.0 Å². The summed E-state index contributed by atoms with van der Waals surface area (Å²) in [5.41, 5.74) is 1.58. The zero-order valence-electron chi connectivity index (χ0n) is 19.1. The second-order valence-electron chi connectivity index (χ2n) is 7.85. The Morgan fingerprint density at radius 3 is 2.44 bits per heavy atom. The summed E-state index contributed by atoms with van der Waals surface area (Å²) in [7, 11) is 0. The summed E-state index contributed by atoms with van der Waals surface area (Å²) in [5, 5.41) is 5.46. The van der Waals surface area contributed by atoms with Gasteiger partial charge >= 0.3 is 6.61 Å². The van der Waals surface area contributed by atoms with Gasteiger partial charge in [-0.25, -0.2) is 4.98 Å². The van der Waals surface area contributed by atoms with Crippen molar-refractivity contribution in [3.8, 4) is 5.88 Å². The molecule has 2 amide bonds. The summed E-state index contributed by atoms with van der Waals surface area (Å²) < 4.78 is 30.1. The number of aromatic nitrogens is 1. The summed E-state index contributed by atoms with van der Waals surface area (Å²) in [6, 6.07) is 10.7. The Hall–Kier alpha value is -3.03. The molecule has 2 aromatic rings. The van der Waals surface area contributed by atoms with Crippen molar-refractivity contribution in [2.75, 3.05) is 5.32 Å². The first-order valence-electron chi connectivity index (χ1n) is 10.8. The topological polar surface area (TPSA) is 80.3 Å². The maximum Gasteiger partial charge on any atom is 0.388 e. The van der Waals surface area contributed by atoms with Crippen LogP contribution in [0.25, 0.3) is 0 Å². The number of aryl methyl sites for hydroxylation is 1. The third-order valence-electron chi connectivity index (χ3n) is 5.47. The molecule has 0 atom stereocenters. The first-order chi connectivity index (χ1) is 15.3. The molecule has 1 heterocycles. The number of hydrogen-bond acceptors (Lipinski definition) is 4. The van der Waals surface area contributed by atoms with Crippen molar-refractivity contribution in [3.05, 3.63) is 53.2 Å². The molecule has 32 heavy (non-hydrogen) atoms. The van der Waals surface area contributed by atoms with E-state index in [1.807, 2.05) is 52.0 Å². The highest BCUT2D eigenvalue weighted by atomic mass is 19.3. The lowest BCUT2D eigenvalue weighted by Crippen LogP contribution is -2.57. The maximum atomic E-state index is 13.5. The minimum absolute atomic E-state index is 0.0825. The molecule has 0 spiro atoms. The van der Waals surface area contributed by atoms with E-state index in [2.05, 4.69) is 20.4 Å². The summed E-state index contributed by atoms with van der Waals surface area (Å²) in [6.07, 6.45) is 1.44. The minimum Gasteiger partial charge on any atom is -0.415 e. The Balaban J connectivity index is 0.00000176. The Kier molecular flexibility index (Phi) is 8.69. The van der Waals surface area contributed by atoms with Gasteiger partial charge in [-0.05, 0) is 48.9 Å². The Bertz CT molecular complexity index is 928. The number of ether oxygens (including phenoxy) is 1. The summed E-state index contributed by atoms with van der Waals surface area (Å²) in [4.78, 5) is 28.3. The Labute approximate surface area is 187 Å².